The Hall–Kier alpha value is -3.32. The maximum Gasteiger partial charge on any atom is 0.411 e. The van der Waals surface area contributed by atoms with Crippen LogP contribution in [0, 0.1) is 0 Å². The van der Waals surface area contributed by atoms with E-state index in [0.29, 0.717) is 26.2 Å². The summed E-state index contributed by atoms with van der Waals surface area (Å²) >= 11 is 0. The second kappa shape index (κ2) is 10.1. The van der Waals surface area contributed by atoms with Gasteiger partial charge in [0.15, 0.2) is 5.60 Å². The van der Waals surface area contributed by atoms with Crippen molar-refractivity contribution >= 4 is 12.1 Å². The summed E-state index contributed by atoms with van der Waals surface area (Å²) in [4.78, 5) is 31.8. The van der Waals surface area contributed by atoms with Crippen LogP contribution in [0.15, 0.2) is 73.3 Å². The maximum absolute atomic E-state index is 13.0. The molecule has 1 atom stereocenters. The Morgan fingerprint density at radius 2 is 1.79 bits per heavy atom. The Labute approximate surface area is 195 Å². The minimum absolute atomic E-state index is 0.112. The van der Waals surface area contributed by atoms with E-state index in [1.807, 2.05) is 66.7 Å². The van der Waals surface area contributed by atoms with Gasteiger partial charge >= 0.3 is 12.1 Å². The smallest absolute Gasteiger partial charge is 0.411 e. The summed E-state index contributed by atoms with van der Waals surface area (Å²) in [6.45, 7) is 10.2. The summed E-state index contributed by atoms with van der Waals surface area (Å²) in [5.74, 6) is 0. The molecule has 0 aromatic heterocycles. The van der Waals surface area contributed by atoms with Gasteiger partial charge in [-0.1, -0.05) is 73.7 Å². The van der Waals surface area contributed by atoms with Gasteiger partial charge in [-0.15, -0.1) is 6.58 Å². The van der Waals surface area contributed by atoms with Gasteiger partial charge < -0.3 is 15.0 Å². The van der Waals surface area contributed by atoms with Crippen LogP contribution in [0.3, 0.4) is 0 Å². The fraction of sp³-hybridized carbons (Fsp3) is 0.385. The molecule has 2 fully saturated rings. The van der Waals surface area contributed by atoms with Crippen LogP contribution in [0.5, 0.6) is 0 Å². The second-order valence-electron chi connectivity index (χ2n) is 8.40. The van der Waals surface area contributed by atoms with Crippen molar-refractivity contribution < 1.29 is 14.3 Å². The largest absolute Gasteiger partial charge is 0.431 e. The van der Waals surface area contributed by atoms with E-state index in [1.165, 1.54) is 0 Å². The molecule has 2 aliphatic heterocycles. The first-order valence-corrected chi connectivity index (χ1v) is 11.6. The molecule has 4 rings (SSSR count). The average Bonchev–Trinajstić information content (AvgIpc) is 3.17. The quantitative estimate of drug-likeness (QED) is 0.630. The van der Waals surface area contributed by atoms with Crippen LogP contribution < -0.4 is 5.32 Å². The Bertz CT molecular complexity index is 927. The summed E-state index contributed by atoms with van der Waals surface area (Å²) in [5, 5.41) is 3.04. The summed E-state index contributed by atoms with van der Waals surface area (Å²) in [5.41, 5.74) is 0.839. The van der Waals surface area contributed by atoms with Crippen LogP contribution in [0.2, 0.25) is 0 Å². The van der Waals surface area contributed by atoms with Crippen LogP contribution in [-0.2, 0) is 10.3 Å². The minimum Gasteiger partial charge on any atom is -0.431 e. The Morgan fingerprint density at radius 3 is 2.36 bits per heavy atom. The summed E-state index contributed by atoms with van der Waals surface area (Å²) in [6.07, 6.45) is 1.53. The number of benzene rings is 2. The monoisotopic (exact) mass is 448 g/mol. The van der Waals surface area contributed by atoms with Gasteiger partial charge in [0, 0.05) is 50.4 Å². The number of fused-ring (bicyclic) bond motifs is 1. The molecular weight excluding hydrogens is 416 g/mol. The number of rotatable bonds is 8. The number of nitrogens with one attached hydrogen (secondary N) is 1. The first kappa shape index (κ1) is 22.9. The number of amides is 3. The third-order valence-corrected chi connectivity index (χ3v) is 6.56. The highest BCUT2D eigenvalue weighted by molar-refractivity contribution is 5.77. The second-order valence-corrected chi connectivity index (χ2v) is 8.40. The van der Waals surface area contributed by atoms with E-state index < -0.39 is 5.60 Å². The van der Waals surface area contributed by atoms with Crippen LogP contribution in [0.1, 0.15) is 18.1 Å². The molecule has 1 unspecified atom stereocenters. The highest BCUT2D eigenvalue weighted by Crippen LogP contribution is 2.45. The van der Waals surface area contributed by atoms with Crippen LogP contribution in [0.25, 0.3) is 0 Å². The first-order valence-electron chi connectivity index (χ1n) is 11.6. The van der Waals surface area contributed by atoms with Gasteiger partial charge in [0.2, 0.25) is 0 Å². The molecule has 1 N–H and O–H groups in total. The molecule has 0 radical (unpaired) electrons. The molecule has 2 aliphatic rings. The number of carbonyl (C=O) groups excluding carboxylic acids is 2. The molecule has 2 saturated heterocycles. The topological polar surface area (TPSA) is 65.1 Å². The van der Waals surface area contributed by atoms with E-state index in [2.05, 4.69) is 23.7 Å². The Kier molecular flexibility index (Phi) is 6.99. The zero-order valence-electron chi connectivity index (χ0n) is 19.2. The molecule has 33 heavy (non-hydrogen) atoms. The molecular formula is C26H32N4O3. The maximum atomic E-state index is 13.0. The lowest BCUT2D eigenvalue weighted by Crippen LogP contribution is -2.60. The number of hydrogen-bond donors (Lipinski definition) is 1. The number of ether oxygens (including phenoxy) is 1. The Balaban J connectivity index is 1.56. The van der Waals surface area contributed by atoms with Crippen molar-refractivity contribution in [2.75, 3.05) is 45.8 Å². The van der Waals surface area contributed by atoms with Crippen molar-refractivity contribution in [3.63, 3.8) is 0 Å². The van der Waals surface area contributed by atoms with Gasteiger partial charge in [0.1, 0.15) is 6.04 Å². The van der Waals surface area contributed by atoms with E-state index in [4.69, 9.17) is 4.74 Å². The zero-order valence-corrected chi connectivity index (χ0v) is 19.2. The van der Waals surface area contributed by atoms with E-state index in [-0.39, 0.29) is 18.2 Å². The predicted molar refractivity (Wildman–Crippen MR) is 128 cm³/mol. The van der Waals surface area contributed by atoms with Crippen LogP contribution in [0.4, 0.5) is 9.59 Å². The van der Waals surface area contributed by atoms with E-state index in [0.717, 1.165) is 30.8 Å². The number of piperazine rings is 1. The fourth-order valence-corrected chi connectivity index (χ4v) is 4.83. The van der Waals surface area contributed by atoms with Crippen molar-refractivity contribution in [2.24, 2.45) is 0 Å². The molecule has 0 bridgehead atoms. The molecule has 0 aliphatic carbocycles. The molecule has 2 heterocycles. The van der Waals surface area contributed by atoms with Gasteiger partial charge in [-0.3, -0.25) is 9.80 Å². The number of nitrogens with zero attached hydrogens (tertiary/aromatic N) is 3. The highest BCUT2D eigenvalue weighted by Gasteiger charge is 2.58. The van der Waals surface area contributed by atoms with Crippen molar-refractivity contribution in [2.45, 2.75) is 18.6 Å². The van der Waals surface area contributed by atoms with Gasteiger partial charge in [-0.25, -0.2) is 9.59 Å². The number of likely N-dealkylation sites (N-methyl/N-ethyl adjacent to an activating group) is 1. The SMILES string of the molecule is C=CCN(CC)CCNC(=O)N1CCN2C(=O)OC(c3ccccc3)(c3ccccc3)C2C1. The number of carbonyl (C=O) groups is 2. The van der Waals surface area contributed by atoms with Crippen molar-refractivity contribution in [1.82, 2.24) is 20.0 Å². The van der Waals surface area contributed by atoms with E-state index >= 15 is 0 Å². The van der Waals surface area contributed by atoms with Crippen LogP contribution >= 0.6 is 0 Å². The first-order chi connectivity index (χ1) is 16.1. The lowest BCUT2D eigenvalue weighted by molar-refractivity contribution is 0.0511. The fourth-order valence-electron chi connectivity index (χ4n) is 4.83. The summed E-state index contributed by atoms with van der Waals surface area (Å²) in [6, 6.07) is 19.2. The number of cyclic esters (lactones) is 1. The van der Waals surface area contributed by atoms with Crippen LogP contribution in [-0.4, -0.2) is 78.7 Å². The molecule has 2 aromatic carbocycles. The lowest BCUT2D eigenvalue weighted by atomic mass is 9.79. The van der Waals surface area contributed by atoms with Crippen molar-refractivity contribution in [3.8, 4) is 0 Å². The molecule has 0 saturated carbocycles. The molecule has 7 heteroatoms. The predicted octanol–water partition coefficient (Wildman–Crippen LogP) is 3.28. The third kappa shape index (κ3) is 4.46. The van der Waals surface area contributed by atoms with Gasteiger partial charge in [0.05, 0.1) is 0 Å². The third-order valence-electron chi connectivity index (χ3n) is 6.56. The standard InChI is InChI=1S/C26H32N4O3/c1-3-16-28(4-2)17-15-27-24(31)29-18-19-30-23(20-29)26(33-25(30)32,21-11-7-5-8-12-21)22-13-9-6-10-14-22/h3,5-14,23H,1,4,15-20H2,2H3,(H,27,31). The Morgan fingerprint density at radius 1 is 1.15 bits per heavy atom. The summed E-state index contributed by atoms with van der Waals surface area (Å²) < 4.78 is 6.16. The van der Waals surface area contributed by atoms with Gasteiger partial charge in [-0.2, -0.15) is 0 Å². The minimum atomic E-state index is -0.971. The van der Waals surface area contributed by atoms with E-state index in [9.17, 15) is 9.59 Å². The van der Waals surface area contributed by atoms with Gasteiger partial charge in [-0.05, 0) is 6.54 Å². The highest BCUT2D eigenvalue weighted by atomic mass is 16.6. The molecule has 7 nitrogen and oxygen atoms in total. The van der Waals surface area contributed by atoms with Gasteiger partial charge in [0.25, 0.3) is 0 Å². The van der Waals surface area contributed by atoms with Crippen molar-refractivity contribution in [3.05, 3.63) is 84.4 Å². The van der Waals surface area contributed by atoms with Crippen molar-refractivity contribution in [1.29, 1.82) is 0 Å². The molecule has 2 aromatic rings. The molecule has 0 spiro atoms. The molecule has 174 valence electrons. The van der Waals surface area contributed by atoms with E-state index in [1.54, 1.807) is 9.80 Å². The average molecular weight is 449 g/mol. The summed E-state index contributed by atoms with van der Waals surface area (Å²) in [7, 11) is 0. The number of hydrogen-bond acceptors (Lipinski definition) is 4. The normalized spacial score (nSPS) is 19.2. The molecule has 3 amide bonds. The zero-order chi connectivity index (χ0) is 23.3. The number of urea groups is 1. The lowest BCUT2D eigenvalue weighted by Gasteiger charge is -2.42.